The molecule has 0 fully saturated rings. The minimum absolute atomic E-state index is 0.0104. The van der Waals surface area contributed by atoms with E-state index in [1.54, 1.807) is 6.92 Å². The topological polar surface area (TPSA) is 108 Å². The number of aromatic nitrogens is 5. The second-order valence-electron chi connectivity index (χ2n) is 7.73. The first-order valence-electron chi connectivity index (χ1n) is 9.83. The molecule has 0 atom stereocenters. The van der Waals surface area contributed by atoms with Crippen LogP contribution >= 0.6 is 0 Å². The van der Waals surface area contributed by atoms with Crippen molar-refractivity contribution >= 4 is 17.4 Å². The van der Waals surface area contributed by atoms with Crippen LogP contribution in [0.3, 0.4) is 0 Å². The molecule has 0 aliphatic rings. The van der Waals surface area contributed by atoms with E-state index in [1.165, 1.54) is 4.52 Å². The lowest BCUT2D eigenvalue weighted by atomic mass is 10.0. The minimum Gasteiger partial charge on any atom is -0.305 e. The van der Waals surface area contributed by atoms with Gasteiger partial charge in [0.15, 0.2) is 11.5 Å². The molecule has 0 aliphatic carbocycles. The molecule has 30 heavy (non-hydrogen) atoms. The van der Waals surface area contributed by atoms with Crippen molar-refractivity contribution < 1.29 is 4.79 Å². The third kappa shape index (κ3) is 3.10. The van der Waals surface area contributed by atoms with Crippen LogP contribution < -0.4 is 10.9 Å². The Morgan fingerprint density at radius 1 is 1.10 bits per heavy atom. The van der Waals surface area contributed by atoms with Gasteiger partial charge in [0.2, 0.25) is 0 Å². The number of anilines is 1. The Kier molecular flexibility index (Phi) is 4.77. The molecule has 0 aliphatic heterocycles. The van der Waals surface area contributed by atoms with Gasteiger partial charge in [0.1, 0.15) is 5.56 Å². The van der Waals surface area contributed by atoms with Gasteiger partial charge in [0.25, 0.3) is 11.5 Å². The maximum absolute atomic E-state index is 13.2. The maximum Gasteiger partial charge on any atom is 0.285 e. The summed E-state index contributed by atoms with van der Waals surface area (Å²) in [5.41, 5.74) is 4.80. The molecule has 154 valence electrons. The third-order valence-corrected chi connectivity index (χ3v) is 5.24. The van der Waals surface area contributed by atoms with Gasteiger partial charge >= 0.3 is 0 Å². The standard InChI is InChI=1S/C22H24N6O2/c1-11(2)16-13(4)25-26-19(16)24-21(29)18-12(3)23-20-17(15-9-7-6-8-10-15)14(5)27-28(20)22(18)30/h6-11,27H,1-5H3,(H2,24,25,26,29). The monoisotopic (exact) mass is 404 g/mol. The number of H-pyrrole nitrogens is 2. The zero-order chi connectivity index (χ0) is 21.6. The first-order chi connectivity index (χ1) is 14.3. The molecule has 1 aromatic carbocycles. The molecule has 0 radical (unpaired) electrons. The number of benzene rings is 1. The molecule has 0 saturated carbocycles. The fourth-order valence-corrected chi connectivity index (χ4v) is 3.91. The number of rotatable bonds is 4. The van der Waals surface area contributed by atoms with Gasteiger partial charge in [-0.3, -0.25) is 19.8 Å². The zero-order valence-corrected chi connectivity index (χ0v) is 17.6. The fraction of sp³-hybridized carbons (Fsp3) is 0.273. The fourth-order valence-electron chi connectivity index (χ4n) is 3.91. The Morgan fingerprint density at radius 3 is 2.47 bits per heavy atom. The first-order valence-corrected chi connectivity index (χ1v) is 9.83. The van der Waals surface area contributed by atoms with Crippen LogP contribution in [0.15, 0.2) is 35.1 Å². The second kappa shape index (κ2) is 7.29. The van der Waals surface area contributed by atoms with Crippen LogP contribution in [-0.2, 0) is 0 Å². The molecule has 3 N–H and O–H groups in total. The molecule has 0 saturated heterocycles. The van der Waals surface area contributed by atoms with Crippen molar-refractivity contribution in [3.05, 3.63) is 68.9 Å². The molecule has 8 heteroatoms. The van der Waals surface area contributed by atoms with E-state index in [9.17, 15) is 9.59 Å². The van der Waals surface area contributed by atoms with E-state index in [0.717, 1.165) is 28.1 Å². The van der Waals surface area contributed by atoms with E-state index < -0.39 is 11.5 Å². The molecule has 8 nitrogen and oxygen atoms in total. The number of nitrogens with zero attached hydrogens (tertiary/aromatic N) is 3. The number of amides is 1. The van der Waals surface area contributed by atoms with E-state index in [1.807, 2.05) is 58.0 Å². The highest BCUT2D eigenvalue weighted by Crippen LogP contribution is 2.27. The molecular weight excluding hydrogens is 380 g/mol. The highest BCUT2D eigenvalue weighted by Gasteiger charge is 2.24. The molecule has 0 unspecified atom stereocenters. The average Bonchev–Trinajstić information content (AvgIpc) is 3.22. The van der Waals surface area contributed by atoms with Crippen molar-refractivity contribution in [1.82, 2.24) is 24.8 Å². The summed E-state index contributed by atoms with van der Waals surface area (Å²) in [5, 5.41) is 12.9. The molecule has 4 rings (SSSR count). The quantitative estimate of drug-likeness (QED) is 0.482. The molecule has 3 heterocycles. The average molecular weight is 404 g/mol. The van der Waals surface area contributed by atoms with Crippen molar-refractivity contribution in [1.29, 1.82) is 0 Å². The highest BCUT2D eigenvalue weighted by molar-refractivity contribution is 6.05. The van der Waals surface area contributed by atoms with Crippen LogP contribution in [0.5, 0.6) is 0 Å². The van der Waals surface area contributed by atoms with Gasteiger partial charge in [-0.1, -0.05) is 44.2 Å². The molecular formula is C22H24N6O2. The van der Waals surface area contributed by atoms with Crippen LogP contribution in [-0.4, -0.2) is 30.7 Å². The van der Waals surface area contributed by atoms with Gasteiger partial charge in [-0.25, -0.2) is 9.50 Å². The van der Waals surface area contributed by atoms with Gasteiger partial charge < -0.3 is 5.32 Å². The number of fused-ring (bicyclic) bond motifs is 1. The number of hydrogen-bond donors (Lipinski definition) is 3. The molecule has 1 amide bonds. The summed E-state index contributed by atoms with van der Waals surface area (Å²) >= 11 is 0. The smallest absolute Gasteiger partial charge is 0.285 e. The Balaban J connectivity index is 1.82. The first kappa shape index (κ1) is 19.6. The third-order valence-electron chi connectivity index (χ3n) is 5.24. The van der Waals surface area contributed by atoms with Gasteiger partial charge in [-0.15, -0.1) is 0 Å². The van der Waals surface area contributed by atoms with Gasteiger partial charge in [-0.2, -0.15) is 5.10 Å². The lowest BCUT2D eigenvalue weighted by Crippen LogP contribution is -2.29. The van der Waals surface area contributed by atoms with Gasteiger partial charge in [0.05, 0.1) is 5.69 Å². The number of carbonyl (C=O) groups excluding carboxylic acids is 1. The summed E-state index contributed by atoms with van der Waals surface area (Å²) in [6.07, 6.45) is 0. The number of aromatic amines is 2. The predicted octanol–water partition coefficient (Wildman–Crippen LogP) is 3.71. The highest BCUT2D eigenvalue weighted by atomic mass is 16.2. The van der Waals surface area contributed by atoms with E-state index in [2.05, 4.69) is 25.6 Å². The van der Waals surface area contributed by atoms with Crippen LogP contribution in [0.25, 0.3) is 16.8 Å². The Labute approximate surface area is 173 Å². The van der Waals surface area contributed by atoms with Crippen molar-refractivity contribution in [2.75, 3.05) is 5.32 Å². The maximum atomic E-state index is 13.2. The molecule has 0 bridgehead atoms. The van der Waals surface area contributed by atoms with Gasteiger partial charge in [0, 0.05) is 22.5 Å². The molecule has 0 spiro atoms. The van der Waals surface area contributed by atoms with E-state index >= 15 is 0 Å². The van der Waals surface area contributed by atoms with Crippen LogP contribution in [0.4, 0.5) is 5.82 Å². The van der Waals surface area contributed by atoms with E-state index in [0.29, 0.717) is 17.2 Å². The summed E-state index contributed by atoms with van der Waals surface area (Å²) in [7, 11) is 0. The molecule has 3 aromatic heterocycles. The lowest BCUT2D eigenvalue weighted by Gasteiger charge is -2.10. The second-order valence-corrected chi connectivity index (χ2v) is 7.73. The molecule has 4 aromatic rings. The zero-order valence-electron chi connectivity index (χ0n) is 17.6. The van der Waals surface area contributed by atoms with Gasteiger partial charge in [-0.05, 0) is 32.3 Å². The van der Waals surface area contributed by atoms with Crippen LogP contribution in [0.1, 0.15) is 52.8 Å². The van der Waals surface area contributed by atoms with Crippen molar-refractivity contribution in [3.8, 4) is 11.1 Å². The predicted molar refractivity (Wildman–Crippen MR) is 116 cm³/mol. The Morgan fingerprint density at radius 2 is 1.80 bits per heavy atom. The normalized spacial score (nSPS) is 11.4. The minimum atomic E-state index is -0.527. The largest absolute Gasteiger partial charge is 0.305 e. The lowest BCUT2D eigenvalue weighted by molar-refractivity contribution is 0.102. The summed E-state index contributed by atoms with van der Waals surface area (Å²) in [5.74, 6) is 0.0756. The summed E-state index contributed by atoms with van der Waals surface area (Å²) in [6, 6.07) is 9.73. The van der Waals surface area contributed by atoms with Crippen molar-refractivity contribution in [2.24, 2.45) is 0 Å². The summed E-state index contributed by atoms with van der Waals surface area (Å²) in [6.45, 7) is 9.50. The Hall–Kier alpha value is -3.68. The summed E-state index contributed by atoms with van der Waals surface area (Å²) < 4.78 is 1.33. The summed E-state index contributed by atoms with van der Waals surface area (Å²) in [4.78, 5) is 30.8. The number of hydrogen-bond acceptors (Lipinski definition) is 4. The number of aryl methyl sites for hydroxylation is 3. The van der Waals surface area contributed by atoms with Crippen molar-refractivity contribution in [2.45, 2.75) is 40.5 Å². The SMILES string of the molecule is Cc1nc2c(-c3ccccc3)c(C)[nH]n2c(=O)c1C(=O)Nc1n[nH]c(C)c1C(C)C. The van der Waals surface area contributed by atoms with Crippen LogP contribution in [0, 0.1) is 20.8 Å². The number of nitrogens with one attached hydrogen (secondary N) is 3. The number of carbonyl (C=O) groups is 1. The van der Waals surface area contributed by atoms with E-state index in [-0.39, 0.29) is 11.5 Å². The van der Waals surface area contributed by atoms with Crippen LogP contribution in [0.2, 0.25) is 0 Å². The van der Waals surface area contributed by atoms with E-state index in [4.69, 9.17) is 0 Å². The van der Waals surface area contributed by atoms with Crippen molar-refractivity contribution in [3.63, 3.8) is 0 Å². The Bertz CT molecular complexity index is 1310.